The van der Waals surface area contributed by atoms with Gasteiger partial charge in [-0.1, -0.05) is 0 Å². The predicted molar refractivity (Wildman–Crippen MR) is 73.2 cm³/mol. The van der Waals surface area contributed by atoms with Gasteiger partial charge in [-0.2, -0.15) is 0 Å². The number of ether oxygens (including phenoxy) is 2. The molecule has 2 rings (SSSR count). The summed E-state index contributed by atoms with van der Waals surface area (Å²) < 4.78 is 12.3. The molecule has 102 valence electrons. The van der Waals surface area contributed by atoms with Crippen molar-refractivity contribution in [3.05, 3.63) is 48.8 Å². The van der Waals surface area contributed by atoms with E-state index in [0.29, 0.717) is 12.3 Å². The number of hydrogen-bond donors (Lipinski definition) is 2. The van der Waals surface area contributed by atoms with Crippen molar-refractivity contribution in [1.29, 1.82) is 0 Å². The fraction of sp³-hybridized carbons (Fsp3) is 0.286. The van der Waals surface area contributed by atoms with Crippen LogP contribution in [0.3, 0.4) is 0 Å². The van der Waals surface area contributed by atoms with Crippen LogP contribution in [-0.2, 0) is 0 Å². The fourth-order valence-electron chi connectivity index (χ4n) is 1.57. The van der Waals surface area contributed by atoms with Gasteiger partial charge in [-0.05, 0) is 36.4 Å². The highest BCUT2D eigenvalue weighted by Gasteiger charge is 2.05. The van der Waals surface area contributed by atoms with E-state index in [1.807, 2.05) is 48.8 Å². The van der Waals surface area contributed by atoms with Crippen LogP contribution in [0, 0.1) is 0 Å². The number of aliphatic hydroxyl groups excluding tert-OH is 1. The van der Waals surface area contributed by atoms with Crippen molar-refractivity contribution < 1.29 is 14.6 Å². The van der Waals surface area contributed by atoms with Crippen LogP contribution in [0.1, 0.15) is 0 Å². The highest BCUT2D eigenvalue weighted by atomic mass is 16.5. The Morgan fingerprint density at radius 2 is 1.79 bits per heavy atom. The lowest BCUT2D eigenvalue weighted by Gasteiger charge is -2.14. The summed E-state index contributed by atoms with van der Waals surface area (Å²) in [5.41, 5.74) is 3.05. The van der Waals surface area contributed by atoms with E-state index >= 15 is 0 Å². The zero-order valence-corrected chi connectivity index (χ0v) is 10.8. The molecule has 0 radical (unpaired) electrons. The van der Waals surface area contributed by atoms with E-state index in [1.165, 1.54) is 0 Å². The molecule has 0 aliphatic rings. The van der Waals surface area contributed by atoms with Gasteiger partial charge in [0.15, 0.2) is 0 Å². The van der Waals surface area contributed by atoms with Crippen LogP contribution in [0.2, 0.25) is 0 Å². The Hall–Kier alpha value is -2.14. The molecule has 5 nitrogen and oxygen atoms in total. The first-order valence-electron chi connectivity index (χ1n) is 6.09. The number of nitrogens with zero attached hydrogens (tertiary/aromatic N) is 1. The zero-order chi connectivity index (χ0) is 13.5. The normalized spacial score (nSPS) is 11.9. The summed E-state index contributed by atoms with van der Waals surface area (Å²) in [4.78, 5) is 0. The van der Waals surface area contributed by atoms with Gasteiger partial charge in [-0.25, -0.2) is 0 Å². The number of benzene rings is 1. The fourth-order valence-corrected chi connectivity index (χ4v) is 1.57. The van der Waals surface area contributed by atoms with Gasteiger partial charge in [-0.15, -0.1) is 0 Å². The largest absolute Gasteiger partial charge is 0.497 e. The monoisotopic (exact) mass is 262 g/mol. The summed E-state index contributed by atoms with van der Waals surface area (Å²) in [5.74, 6) is 1.49. The second-order valence-corrected chi connectivity index (χ2v) is 4.09. The average molecular weight is 262 g/mol. The molecule has 0 saturated heterocycles. The summed E-state index contributed by atoms with van der Waals surface area (Å²) in [6, 6.07) is 11.1. The highest BCUT2D eigenvalue weighted by molar-refractivity contribution is 5.31. The van der Waals surface area contributed by atoms with Crippen molar-refractivity contribution in [3.8, 4) is 11.5 Å². The predicted octanol–water partition coefficient (Wildman–Crippen LogP) is 1.48. The van der Waals surface area contributed by atoms with Crippen molar-refractivity contribution in [2.45, 2.75) is 6.10 Å². The lowest BCUT2D eigenvalue weighted by atomic mass is 10.3. The Morgan fingerprint density at radius 3 is 2.42 bits per heavy atom. The van der Waals surface area contributed by atoms with Gasteiger partial charge in [0.05, 0.1) is 13.7 Å². The Labute approximate surface area is 112 Å². The SMILES string of the molecule is COc1ccc(OCC(O)CNn2cccc2)cc1. The maximum atomic E-state index is 9.78. The van der Waals surface area contributed by atoms with Gasteiger partial charge in [-0.3, -0.25) is 4.68 Å². The molecule has 1 unspecified atom stereocenters. The van der Waals surface area contributed by atoms with Gasteiger partial charge in [0, 0.05) is 12.4 Å². The maximum Gasteiger partial charge on any atom is 0.119 e. The number of rotatable bonds is 7. The molecule has 0 amide bonds. The molecule has 19 heavy (non-hydrogen) atoms. The Bertz CT molecular complexity index is 468. The minimum absolute atomic E-state index is 0.237. The van der Waals surface area contributed by atoms with E-state index in [2.05, 4.69) is 5.43 Å². The Kier molecular flexibility index (Phi) is 4.69. The molecule has 1 heterocycles. The highest BCUT2D eigenvalue weighted by Crippen LogP contribution is 2.16. The summed E-state index contributed by atoms with van der Waals surface area (Å²) in [6.07, 6.45) is 3.16. The molecular formula is C14H18N2O3. The number of hydrogen-bond acceptors (Lipinski definition) is 4. The third-order valence-electron chi connectivity index (χ3n) is 2.62. The molecule has 1 aromatic carbocycles. The molecule has 1 atom stereocenters. The van der Waals surface area contributed by atoms with E-state index in [0.717, 1.165) is 5.75 Å². The van der Waals surface area contributed by atoms with Gasteiger partial charge in [0.25, 0.3) is 0 Å². The van der Waals surface area contributed by atoms with Gasteiger partial charge in [0.2, 0.25) is 0 Å². The molecule has 0 spiro atoms. The second-order valence-electron chi connectivity index (χ2n) is 4.09. The quantitative estimate of drug-likeness (QED) is 0.793. The minimum atomic E-state index is -0.579. The molecule has 5 heteroatoms. The summed E-state index contributed by atoms with van der Waals surface area (Å²) in [7, 11) is 1.62. The van der Waals surface area contributed by atoms with E-state index in [1.54, 1.807) is 11.8 Å². The van der Waals surface area contributed by atoms with Crippen LogP contribution in [-0.4, -0.2) is 36.1 Å². The average Bonchev–Trinajstić information content (AvgIpc) is 2.96. The number of methoxy groups -OCH3 is 1. The van der Waals surface area contributed by atoms with E-state index in [4.69, 9.17) is 9.47 Å². The molecule has 2 aromatic rings. The van der Waals surface area contributed by atoms with Gasteiger partial charge < -0.3 is 20.0 Å². The first kappa shape index (κ1) is 13.3. The van der Waals surface area contributed by atoms with Crippen LogP contribution in [0.25, 0.3) is 0 Å². The minimum Gasteiger partial charge on any atom is -0.497 e. The molecule has 0 saturated carbocycles. The molecule has 1 aromatic heterocycles. The van der Waals surface area contributed by atoms with Crippen LogP contribution in [0.4, 0.5) is 0 Å². The zero-order valence-electron chi connectivity index (χ0n) is 10.8. The molecular weight excluding hydrogens is 244 g/mol. The smallest absolute Gasteiger partial charge is 0.119 e. The Balaban J connectivity index is 1.71. The molecule has 0 fully saturated rings. The summed E-state index contributed by atoms with van der Waals surface area (Å²) in [5, 5.41) is 9.78. The Morgan fingerprint density at radius 1 is 1.16 bits per heavy atom. The second kappa shape index (κ2) is 6.70. The van der Waals surface area contributed by atoms with E-state index in [-0.39, 0.29) is 6.61 Å². The number of aliphatic hydroxyl groups is 1. The van der Waals surface area contributed by atoms with Crippen LogP contribution < -0.4 is 14.9 Å². The lowest BCUT2D eigenvalue weighted by molar-refractivity contribution is 0.115. The molecule has 0 bridgehead atoms. The van der Waals surface area contributed by atoms with Crippen molar-refractivity contribution in [1.82, 2.24) is 4.68 Å². The van der Waals surface area contributed by atoms with Crippen molar-refractivity contribution in [2.75, 3.05) is 25.7 Å². The first-order chi connectivity index (χ1) is 9.28. The van der Waals surface area contributed by atoms with Gasteiger partial charge >= 0.3 is 0 Å². The van der Waals surface area contributed by atoms with Crippen LogP contribution >= 0.6 is 0 Å². The molecule has 2 N–H and O–H groups in total. The summed E-state index contributed by atoms with van der Waals surface area (Å²) in [6.45, 7) is 0.658. The van der Waals surface area contributed by atoms with Gasteiger partial charge in [0.1, 0.15) is 24.2 Å². The van der Waals surface area contributed by atoms with Crippen molar-refractivity contribution >= 4 is 0 Å². The molecule has 0 aliphatic heterocycles. The third kappa shape index (κ3) is 4.22. The number of aromatic nitrogens is 1. The van der Waals surface area contributed by atoms with Crippen LogP contribution in [0.15, 0.2) is 48.8 Å². The first-order valence-corrected chi connectivity index (χ1v) is 6.09. The van der Waals surface area contributed by atoms with Crippen LogP contribution in [0.5, 0.6) is 11.5 Å². The maximum absolute atomic E-state index is 9.78. The van der Waals surface area contributed by atoms with E-state index < -0.39 is 6.10 Å². The van der Waals surface area contributed by atoms with E-state index in [9.17, 15) is 5.11 Å². The third-order valence-corrected chi connectivity index (χ3v) is 2.62. The molecule has 0 aliphatic carbocycles. The van der Waals surface area contributed by atoms with Crippen molar-refractivity contribution in [3.63, 3.8) is 0 Å². The summed E-state index contributed by atoms with van der Waals surface area (Å²) >= 11 is 0. The lowest BCUT2D eigenvalue weighted by Crippen LogP contribution is -2.30. The number of nitrogens with one attached hydrogen (secondary N) is 1. The topological polar surface area (TPSA) is 55.6 Å². The standard InChI is InChI=1S/C14H18N2O3/c1-18-13-4-6-14(7-5-13)19-11-12(17)10-15-16-8-2-3-9-16/h2-9,12,15,17H,10-11H2,1H3. The van der Waals surface area contributed by atoms with Crippen molar-refractivity contribution in [2.24, 2.45) is 0 Å².